The number of hydrogen-bond donors (Lipinski definition) is 16. The number of fused-ring (bicyclic) bond motifs is 2. The van der Waals surface area contributed by atoms with Crippen LogP contribution < -0.4 is 32.9 Å². The van der Waals surface area contributed by atoms with Crippen LogP contribution in [0.3, 0.4) is 0 Å². The molecule has 2 aromatic heterocycles. The van der Waals surface area contributed by atoms with E-state index in [1.54, 1.807) is 43.5 Å². The lowest BCUT2D eigenvalue weighted by Gasteiger charge is -2.18. The summed E-state index contributed by atoms with van der Waals surface area (Å²) in [7, 11) is 2.90. The molecule has 27 nitrogen and oxygen atoms in total. The van der Waals surface area contributed by atoms with Crippen LogP contribution >= 0.6 is 0 Å². The van der Waals surface area contributed by atoms with Crippen molar-refractivity contribution in [2.45, 2.75) is 106 Å². The lowest BCUT2D eigenvalue weighted by atomic mass is 9.92. The molecular formula is C62H84N4O23. The summed E-state index contributed by atoms with van der Waals surface area (Å²) < 4.78 is 10.4. The number of hydrogen-bond acceptors (Lipinski definition) is 23. The van der Waals surface area contributed by atoms with Gasteiger partial charge in [0.2, 0.25) is 11.1 Å². The molecular weight excluding hydrogens is 1170 g/mol. The molecule has 0 fully saturated rings. The first kappa shape index (κ1) is 82.9. The minimum atomic E-state index is -0.629. The van der Waals surface area contributed by atoms with E-state index in [9.17, 15) is 54.0 Å². The van der Waals surface area contributed by atoms with E-state index in [0.29, 0.717) is 72.5 Å². The first-order valence-corrected chi connectivity index (χ1v) is 26.3. The highest BCUT2D eigenvalue weighted by molar-refractivity contribution is 6.01. The fourth-order valence-corrected chi connectivity index (χ4v) is 9.10. The van der Waals surface area contributed by atoms with Gasteiger partial charge >= 0.3 is 0 Å². The van der Waals surface area contributed by atoms with E-state index >= 15 is 0 Å². The van der Waals surface area contributed by atoms with Gasteiger partial charge in [-0.25, -0.2) is 0 Å². The monoisotopic (exact) mass is 1250 g/mol. The van der Waals surface area contributed by atoms with Crippen molar-refractivity contribution >= 4 is 50.5 Å². The standard InChI is InChI=1S/C14H18O6.C13H16O5.2C12H13NO3.C11H14O4.2H3N.2H2O/c1-8(18)13-9(4-11(19)6-16)3-10(5-15)12(7-17)14(13)20-2;1-8(17)13-4-11(6-15)10(5-14)2-9(13)3-12(18)7-16;1-7-11-3-10(6-15)9(5-14)2-8(11)4-12(16)13-7;1-7-11-8(5-10(15)13-7)3-4-9(6-14)12(11)16-2;12-5-9-2-1-8(3-10(9)6-13)4-11(15)7-14;;;;/h3,15-17H,4-7H2,1-2H3;2,4,14-16H,3,5-7H2,1H3;2-4,14-15H,5-6H2,1H3,(H,13,16);3-5,14H,6H2,1-2H3,(H,13,15);1-3,12-14H,4-7H2;2*1H3;2*1H2. The molecule has 0 saturated heterocycles. The van der Waals surface area contributed by atoms with Gasteiger partial charge in [0.05, 0.1) is 79.2 Å². The Balaban J connectivity index is 0. The number of rotatable bonds is 22. The lowest BCUT2D eigenvalue weighted by Crippen LogP contribution is -2.14. The van der Waals surface area contributed by atoms with Gasteiger partial charge in [0.15, 0.2) is 28.9 Å². The Morgan fingerprint density at radius 1 is 0.416 bits per heavy atom. The van der Waals surface area contributed by atoms with Crippen LogP contribution in [0.4, 0.5) is 0 Å². The molecule has 0 aliphatic carbocycles. The number of H-pyrrole nitrogens is 2. The smallest absolute Gasteiger partial charge is 0.248 e. The van der Waals surface area contributed by atoms with Gasteiger partial charge in [-0.3, -0.25) is 33.6 Å². The average molecular weight is 1250 g/mol. The molecule has 0 unspecified atom stereocenters. The summed E-state index contributed by atoms with van der Waals surface area (Å²) in [6.45, 7) is 2.64. The Labute approximate surface area is 511 Å². The van der Waals surface area contributed by atoms with Crippen LogP contribution in [0.25, 0.3) is 21.5 Å². The van der Waals surface area contributed by atoms with E-state index < -0.39 is 38.0 Å². The van der Waals surface area contributed by atoms with Gasteiger partial charge in [-0.1, -0.05) is 42.5 Å². The summed E-state index contributed by atoms with van der Waals surface area (Å²) in [4.78, 5) is 84.9. The molecule has 2 heterocycles. The highest BCUT2D eigenvalue weighted by Crippen LogP contribution is 2.33. The maximum Gasteiger partial charge on any atom is 0.248 e. The van der Waals surface area contributed by atoms with Crippen molar-refractivity contribution in [1.29, 1.82) is 0 Å². The van der Waals surface area contributed by atoms with Crippen molar-refractivity contribution in [1.82, 2.24) is 22.3 Å². The molecule has 0 atom stereocenters. The van der Waals surface area contributed by atoms with Gasteiger partial charge in [0.1, 0.15) is 31.3 Å². The Morgan fingerprint density at radius 2 is 0.843 bits per heavy atom. The van der Waals surface area contributed by atoms with Crippen molar-refractivity contribution < 1.29 is 106 Å². The number of Topliss-reactive ketones (excluding diaryl/α,β-unsaturated/α-hetero) is 5. The van der Waals surface area contributed by atoms with Crippen molar-refractivity contribution in [2.75, 3.05) is 34.0 Å². The normalized spacial score (nSPS) is 10.1. The number of carbonyl (C=O) groups is 5. The number of aromatic amines is 2. The Morgan fingerprint density at radius 3 is 1.31 bits per heavy atom. The fourth-order valence-electron chi connectivity index (χ4n) is 9.10. The summed E-state index contributed by atoms with van der Waals surface area (Å²) in [6.07, 6.45) is -0.0557. The molecule has 89 heavy (non-hydrogen) atoms. The molecule has 24 N–H and O–H groups in total. The van der Waals surface area contributed by atoms with Crippen LogP contribution in [0.1, 0.15) is 113 Å². The van der Waals surface area contributed by atoms with E-state index in [-0.39, 0.29) is 135 Å². The fraction of sp³-hybridized carbons (Fsp3) is 0.339. The van der Waals surface area contributed by atoms with E-state index in [0.717, 1.165) is 38.5 Å². The minimum Gasteiger partial charge on any atom is -0.496 e. The third-order valence-corrected chi connectivity index (χ3v) is 13.2. The van der Waals surface area contributed by atoms with Crippen LogP contribution in [0, 0.1) is 13.8 Å². The van der Waals surface area contributed by atoms with Crippen LogP contribution in [0.2, 0.25) is 0 Å². The summed E-state index contributed by atoms with van der Waals surface area (Å²) in [5, 5.41) is 112. The van der Waals surface area contributed by atoms with Crippen molar-refractivity contribution in [3.05, 3.63) is 183 Å². The van der Waals surface area contributed by atoms with Crippen LogP contribution in [-0.4, -0.2) is 145 Å². The SMILES string of the molecule is CC(=O)c1cc(CO)c(CO)cc1CC(=O)CO.COc1c(CO)c(CO)cc(CC(=O)CO)c1C(C)=O.COc1c(CO)ccc2cc(=O)[nH]c(C)c12.Cc1[nH]c(=O)cc2cc(CO)c(CO)cc12.N.N.O.O.O=C(CO)Cc1ccc(CO)c(CO)c1. The summed E-state index contributed by atoms with van der Waals surface area (Å²) in [5.41, 5.74) is 8.25. The van der Waals surface area contributed by atoms with E-state index in [1.807, 2.05) is 19.9 Å². The molecule has 0 aliphatic heterocycles. The molecule has 7 rings (SSSR count). The summed E-state index contributed by atoms with van der Waals surface area (Å²) in [6, 6.07) is 19.7. The lowest BCUT2D eigenvalue weighted by molar-refractivity contribution is -0.121. The zero-order chi connectivity index (χ0) is 63.7. The number of aryl methyl sites for hydroxylation is 2. The molecule has 0 amide bonds. The Hall–Kier alpha value is -8.17. The van der Waals surface area contributed by atoms with E-state index in [2.05, 4.69) is 9.97 Å². The van der Waals surface area contributed by atoms with Gasteiger partial charge in [-0.2, -0.15) is 0 Å². The zero-order valence-corrected chi connectivity index (χ0v) is 50.5. The number of nitrogens with one attached hydrogen (secondary N) is 2. The van der Waals surface area contributed by atoms with Crippen molar-refractivity contribution in [3.8, 4) is 11.5 Å². The number of carbonyl (C=O) groups excluding carboxylic acids is 5. The predicted molar refractivity (Wildman–Crippen MR) is 329 cm³/mol. The number of aliphatic hydroxyl groups is 12. The number of methoxy groups -OCH3 is 2. The van der Waals surface area contributed by atoms with E-state index in [1.165, 1.54) is 51.3 Å². The highest BCUT2D eigenvalue weighted by atomic mass is 16.5. The molecule has 490 valence electrons. The third-order valence-electron chi connectivity index (χ3n) is 13.2. The number of ether oxygens (including phenoxy) is 2. The maximum absolute atomic E-state index is 11.8. The van der Waals surface area contributed by atoms with Crippen molar-refractivity contribution in [3.63, 3.8) is 0 Å². The topological polar surface area (TPSA) is 545 Å². The molecule has 27 heteroatoms. The van der Waals surface area contributed by atoms with Crippen LogP contribution in [-0.2, 0) is 93.1 Å². The number of aliphatic hydroxyl groups excluding tert-OH is 12. The number of aromatic nitrogens is 2. The zero-order valence-electron chi connectivity index (χ0n) is 50.5. The minimum absolute atomic E-state index is 0. The molecule has 0 radical (unpaired) electrons. The van der Waals surface area contributed by atoms with Gasteiger partial charge in [0.25, 0.3) is 0 Å². The van der Waals surface area contributed by atoms with Gasteiger partial charge < -0.3 is 104 Å². The van der Waals surface area contributed by atoms with Crippen LogP contribution in [0.5, 0.6) is 11.5 Å². The summed E-state index contributed by atoms with van der Waals surface area (Å²) in [5.74, 6) is -0.887. The third kappa shape index (κ3) is 22.7. The number of pyridine rings is 2. The quantitative estimate of drug-likeness (QED) is 0.0413. The molecule has 0 aliphatic rings. The van der Waals surface area contributed by atoms with Crippen LogP contribution in [0.15, 0.2) is 82.4 Å². The Kier molecular flexibility index (Phi) is 38.3. The Bertz CT molecular complexity index is 3580. The number of ketones is 5. The van der Waals surface area contributed by atoms with Gasteiger partial charge in [-0.15, -0.1) is 0 Å². The highest BCUT2D eigenvalue weighted by Gasteiger charge is 2.23. The van der Waals surface area contributed by atoms with Gasteiger partial charge in [-0.05, 0) is 112 Å². The maximum atomic E-state index is 11.8. The van der Waals surface area contributed by atoms with E-state index in [4.69, 9.17) is 50.3 Å². The molecule has 7 aromatic rings. The second-order valence-corrected chi connectivity index (χ2v) is 19.1. The van der Waals surface area contributed by atoms with Gasteiger partial charge in [0, 0.05) is 70.2 Å². The first-order chi connectivity index (χ1) is 40.5. The largest absolute Gasteiger partial charge is 0.496 e. The summed E-state index contributed by atoms with van der Waals surface area (Å²) >= 11 is 0. The second kappa shape index (κ2) is 41.1. The average Bonchev–Trinajstić information content (AvgIpc) is 2.91. The van der Waals surface area contributed by atoms with Crippen molar-refractivity contribution in [2.24, 2.45) is 0 Å². The first-order valence-electron chi connectivity index (χ1n) is 26.3. The molecule has 0 bridgehead atoms. The predicted octanol–water partition coefficient (Wildman–Crippen LogP) is 0.572. The molecule has 5 aromatic carbocycles. The number of benzene rings is 5. The molecule has 0 saturated carbocycles. The molecule has 0 spiro atoms. The second-order valence-electron chi connectivity index (χ2n) is 19.1.